The van der Waals surface area contributed by atoms with E-state index in [-0.39, 0.29) is 0 Å². The van der Waals surface area contributed by atoms with Crippen LogP contribution in [0.15, 0.2) is 18.3 Å². The van der Waals surface area contributed by atoms with E-state index in [1.54, 1.807) is 0 Å². The van der Waals surface area contributed by atoms with E-state index in [1.807, 2.05) is 6.20 Å². The van der Waals surface area contributed by atoms with E-state index in [1.165, 1.54) is 36.9 Å². The molecule has 0 aliphatic heterocycles. The normalized spacial score (nSPS) is 19.9. The van der Waals surface area contributed by atoms with Gasteiger partial charge >= 0.3 is 0 Å². The Morgan fingerprint density at radius 2 is 2.12 bits per heavy atom. The molecule has 0 unspecified atom stereocenters. The maximum Gasteiger partial charge on any atom is 0.0544 e. The van der Waals surface area contributed by atoms with E-state index in [0.717, 1.165) is 25.2 Å². The molecule has 92 valence electrons. The highest BCUT2D eigenvalue weighted by molar-refractivity contribution is 5.14. The van der Waals surface area contributed by atoms with Gasteiger partial charge in [-0.15, -0.1) is 0 Å². The van der Waals surface area contributed by atoms with Crippen LogP contribution in [0, 0.1) is 0 Å². The molecule has 0 aromatic carbocycles. The van der Waals surface area contributed by atoms with Crippen LogP contribution in [-0.2, 0) is 13.1 Å². The van der Waals surface area contributed by atoms with Crippen molar-refractivity contribution in [3.05, 3.63) is 29.6 Å². The number of rotatable bonds is 6. The van der Waals surface area contributed by atoms with Gasteiger partial charge in [-0.05, 0) is 44.4 Å². The summed E-state index contributed by atoms with van der Waals surface area (Å²) < 4.78 is 0. The molecule has 0 atom stereocenters. The number of aromatic nitrogens is 1. The quantitative estimate of drug-likeness (QED) is 0.811. The Kier molecular flexibility index (Phi) is 3.12. The highest BCUT2D eigenvalue weighted by Crippen LogP contribution is 2.26. The molecule has 0 spiro atoms. The summed E-state index contributed by atoms with van der Waals surface area (Å²) in [5, 5.41) is 3.51. The predicted molar refractivity (Wildman–Crippen MR) is 68.6 cm³/mol. The minimum Gasteiger partial charge on any atom is -0.310 e. The van der Waals surface area contributed by atoms with Crippen molar-refractivity contribution in [2.75, 3.05) is 7.05 Å². The molecule has 0 bridgehead atoms. The Labute approximate surface area is 103 Å². The van der Waals surface area contributed by atoms with E-state index >= 15 is 0 Å². The van der Waals surface area contributed by atoms with Crippen LogP contribution < -0.4 is 5.32 Å². The maximum atomic E-state index is 4.55. The SMILES string of the molecule is CN(Cc1ccc(CNC2CC2)cn1)C1CC1. The van der Waals surface area contributed by atoms with Crippen molar-refractivity contribution in [2.45, 2.75) is 50.9 Å². The second kappa shape index (κ2) is 4.75. The number of nitrogens with zero attached hydrogens (tertiary/aromatic N) is 2. The molecular formula is C14H21N3. The van der Waals surface area contributed by atoms with Crippen molar-refractivity contribution in [3.63, 3.8) is 0 Å². The number of hydrogen-bond acceptors (Lipinski definition) is 3. The molecule has 2 aliphatic carbocycles. The third kappa shape index (κ3) is 3.27. The third-order valence-corrected chi connectivity index (χ3v) is 3.64. The van der Waals surface area contributed by atoms with Crippen LogP contribution >= 0.6 is 0 Å². The topological polar surface area (TPSA) is 28.2 Å². The average Bonchev–Trinajstić information content (AvgIpc) is 3.19. The summed E-state index contributed by atoms with van der Waals surface area (Å²) in [5.74, 6) is 0. The molecule has 2 aliphatic rings. The molecule has 17 heavy (non-hydrogen) atoms. The van der Waals surface area contributed by atoms with Crippen molar-refractivity contribution >= 4 is 0 Å². The second-order valence-corrected chi connectivity index (χ2v) is 5.46. The molecule has 1 aromatic rings. The largest absolute Gasteiger partial charge is 0.310 e. The molecule has 3 rings (SSSR count). The summed E-state index contributed by atoms with van der Waals surface area (Å²) in [6, 6.07) is 5.96. The molecule has 1 aromatic heterocycles. The van der Waals surface area contributed by atoms with E-state index in [2.05, 4.69) is 34.4 Å². The van der Waals surface area contributed by atoms with Gasteiger partial charge in [-0.3, -0.25) is 9.88 Å². The van der Waals surface area contributed by atoms with Crippen LogP contribution in [0.2, 0.25) is 0 Å². The molecule has 0 amide bonds. The summed E-state index contributed by atoms with van der Waals surface area (Å²) >= 11 is 0. The zero-order chi connectivity index (χ0) is 11.7. The first-order valence-corrected chi connectivity index (χ1v) is 6.69. The van der Waals surface area contributed by atoms with Crippen LogP contribution in [0.25, 0.3) is 0 Å². The van der Waals surface area contributed by atoms with Gasteiger partial charge in [-0.2, -0.15) is 0 Å². The highest BCUT2D eigenvalue weighted by Gasteiger charge is 2.26. The maximum absolute atomic E-state index is 4.55. The Hall–Kier alpha value is -0.930. The van der Waals surface area contributed by atoms with Crippen LogP contribution in [0.1, 0.15) is 36.9 Å². The van der Waals surface area contributed by atoms with Gasteiger partial charge in [-0.1, -0.05) is 6.07 Å². The lowest BCUT2D eigenvalue weighted by Crippen LogP contribution is -2.20. The van der Waals surface area contributed by atoms with Gasteiger partial charge in [0, 0.05) is 31.4 Å². The van der Waals surface area contributed by atoms with Gasteiger partial charge in [-0.25, -0.2) is 0 Å². The van der Waals surface area contributed by atoms with Gasteiger partial charge in [0.2, 0.25) is 0 Å². The fourth-order valence-electron chi connectivity index (χ4n) is 2.10. The van der Waals surface area contributed by atoms with Gasteiger partial charge in [0.25, 0.3) is 0 Å². The van der Waals surface area contributed by atoms with Gasteiger partial charge in [0.1, 0.15) is 0 Å². The van der Waals surface area contributed by atoms with Crippen molar-refractivity contribution in [2.24, 2.45) is 0 Å². The Morgan fingerprint density at radius 3 is 2.71 bits per heavy atom. The van der Waals surface area contributed by atoms with Gasteiger partial charge in [0.15, 0.2) is 0 Å². The smallest absolute Gasteiger partial charge is 0.0544 e. The molecule has 3 nitrogen and oxygen atoms in total. The van der Waals surface area contributed by atoms with Crippen molar-refractivity contribution in [1.29, 1.82) is 0 Å². The van der Waals surface area contributed by atoms with Crippen LogP contribution in [-0.4, -0.2) is 29.0 Å². The highest BCUT2D eigenvalue weighted by atomic mass is 15.2. The lowest BCUT2D eigenvalue weighted by atomic mass is 10.2. The number of hydrogen-bond donors (Lipinski definition) is 1. The molecule has 0 radical (unpaired) electrons. The monoisotopic (exact) mass is 231 g/mol. The van der Waals surface area contributed by atoms with E-state index in [0.29, 0.717) is 0 Å². The third-order valence-electron chi connectivity index (χ3n) is 3.64. The Balaban J connectivity index is 1.51. The van der Waals surface area contributed by atoms with E-state index in [9.17, 15) is 0 Å². The van der Waals surface area contributed by atoms with E-state index in [4.69, 9.17) is 0 Å². The molecule has 2 fully saturated rings. The summed E-state index contributed by atoms with van der Waals surface area (Å²) in [7, 11) is 2.20. The van der Waals surface area contributed by atoms with Crippen molar-refractivity contribution in [3.8, 4) is 0 Å². The first-order chi connectivity index (χ1) is 8.31. The average molecular weight is 231 g/mol. The molecule has 0 saturated heterocycles. The van der Waals surface area contributed by atoms with Crippen LogP contribution in [0.4, 0.5) is 0 Å². The van der Waals surface area contributed by atoms with Crippen LogP contribution in [0.3, 0.4) is 0 Å². The van der Waals surface area contributed by atoms with E-state index < -0.39 is 0 Å². The number of nitrogens with one attached hydrogen (secondary N) is 1. The van der Waals surface area contributed by atoms with Crippen molar-refractivity contribution in [1.82, 2.24) is 15.2 Å². The molecule has 1 heterocycles. The minimum atomic E-state index is 0.774. The van der Waals surface area contributed by atoms with Crippen LogP contribution in [0.5, 0.6) is 0 Å². The summed E-state index contributed by atoms with van der Waals surface area (Å²) in [6.45, 7) is 1.96. The van der Waals surface area contributed by atoms with Gasteiger partial charge < -0.3 is 5.32 Å². The first kappa shape index (κ1) is 11.2. The lowest BCUT2D eigenvalue weighted by molar-refractivity contribution is 0.312. The minimum absolute atomic E-state index is 0.774. The number of pyridine rings is 1. The molecule has 1 N–H and O–H groups in total. The van der Waals surface area contributed by atoms with Crippen molar-refractivity contribution < 1.29 is 0 Å². The molecular weight excluding hydrogens is 210 g/mol. The Bertz CT molecular complexity index is 366. The second-order valence-electron chi connectivity index (χ2n) is 5.46. The summed E-state index contributed by atoms with van der Waals surface area (Å²) in [4.78, 5) is 6.95. The molecule has 3 heteroatoms. The predicted octanol–water partition coefficient (Wildman–Crippen LogP) is 1.93. The Morgan fingerprint density at radius 1 is 1.29 bits per heavy atom. The zero-order valence-corrected chi connectivity index (χ0v) is 10.5. The fourth-order valence-corrected chi connectivity index (χ4v) is 2.10. The lowest BCUT2D eigenvalue weighted by Gasteiger charge is -2.14. The zero-order valence-electron chi connectivity index (χ0n) is 10.5. The fraction of sp³-hybridized carbons (Fsp3) is 0.643. The first-order valence-electron chi connectivity index (χ1n) is 6.69. The summed E-state index contributed by atoms with van der Waals surface area (Å²) in [5.41, 5.74) is 2.49. The summed E-state index contributed by atoms with van der Waals surface area (Å²) in [6.07, 6.45) is 7.43. The standard InChI is InChI=1S/C14H21N3/c1-17(14-6-7-14)10-13-3-2-11(9-16-13)8-15-12-4-5-12/h2-3,9,12,14-15H,4-8,10H2,1H3. The molecule has 2 saturated carbocycles. The van der Waals surface area contributed by atoms with Gasteiger partial charge in [0.05, 0.1) is 5.69 Å².